The maximum absolute atomic E-state index is 8.81. The highest BCUT2D eigenvalue weighted by Gasteiger charge is 2.03. The molecule has 0 bridgehead atoms. The molecule has 2 aromatic carbocycles. The second-order valence-corrected chi connectivity index (χ2v) is 5.73. The van der Waals surface area contributed by atoms with Crippen LogP contribution >= 0.6 is 23.4 Å². The van der Waals surface area contributed by atoms with Crippen LogP contribution in [0.15, 0.2) is 47.4 Å². The first-order valence-electron chi connectivity index (χ1n) is 6.38. The van der Waals surface area contributed by atoms with E-state index in [-0.39, 0.29) is 6.61 Å². The Hall–Kier alpha value is -1.60. The van der Waals surface area contributed by atoms with Crippen molar-refractivity contribution in [2.24, 2.45) is 0 Å². The molecule has 0 fully saturated rings. The van der Waals surface area contributed by atoms with Crippen LogP contribution in [0.25, 0.3) is 0 Å². The Morgan fingerprint density at radius 1 is 1.24 bits per heavy atom. The van der Waals surface area contributed by atoms with Crippen LogP contribution in [0, 0.1) is 11.8 Å². The van der Waals surface area contributed by atoms with Gasteiger partial charge in [0.15, 0.2) is 0 Å². The zero-order valence-corrected chi connectivity index (χ0v) is 13.2. The number of rotatable bonds is 4. The van der Waals surface area contributed by atoms with Gasteiger partial charge in [0.1, 0.15) is 12.4 Å². The maximum Gasteiger partial charge on any atom is 0.134 e. The van der Waals surface area contributed by atoms with Crippen LogP contribution in [0.3, 0.4) is 0 Å². The monoisotopic (exact) mass is 318 g/mol. The van der Waals surface area contributed by atoms with Crippen LogP contribution in [0.4, 0.5) is 0 Å². The lowest BCUT2D eigenvalue weighted by Gasteiger charge is -2.07. The van der Waals surface area contributed by atoms with E-state index in [1.165, 1.54) is 0 Å². The second-order valence-electron chi connectivity index (χ2n) is 4.24. The van der Waals surface area contributed by atoms with Gasteiger partial charge in [0.05, 0.1) is 12.7 Å². The molecule has 1 N–H and O–H groups in total. The van der Waals surface area contributed by atoms with Crippen LogP contribution in [-0.2, 0) is 5.75 Å². The molecule has 0 aliphatic heterocycles. The fourth-order valence-electron chi connectivity index (χ4n) is 1.80. The highest BCUT2D eigenvalue weighted by Crippen LogP contribution is 2.27. The quantitative estimate of drug-likeness (QED) is 0.683. The van der Waals surface area contributed by atoms with Crippen molar-refractivity contribution < 1.29 is 9.84 Å². The number of halogens is 1. The molecule has 0 saturated heterocycles. The average molecular weight is 319 g/mol. The summed E-state index contributed by atoms with van der Waals surface area (Å²) in [7, 11) is 1.61. The normalized spacial score (nSPS) is 9.86. The van der Waals surface area contributed by atoms with Gasteiger partial charge in [0.2, 0.25) is 0 Å². The van der Waals surface area contributed by atoms with Crippen molar-refractivity contribution in [2.45, 2.75) is 10.6 Å². The third-order valence-electron chi connectivity index (χ3n) is 2.77. The van der Waals surface area contributed by atoms with Crippen molar-refractivity contribution in [1.82, 2.24) is 0 Å². The highest BCUT2D eigenvalue weighted by molar-refractivity contribution is 7.98. The lowest BCUT2D eigenvalue weighted by atomic mass is 10.1. The molecule has 0 aromatic heterocycles. The molecule has 0 radical (unpaired) electrons. The number of benzene rings is 2. The van der Waals surface area contributed by atoms with Crippen molar-refractivity contribution in [2.75, 3.05) is 13.7 Å². The molecule has 0 heterocycles. The van der Waals surface area contributed by atoms with Gasteiger partial charge < -0.3 is 9.84 Å². The largest absolute Gasteiger partial charge is 0.495 e. The first-order chi connectivity index (χ1) is 10.2. The van der Waals surface area contributed by atoms with E-state index in [4.69, 9.17) is 21.4 Å². The summed E-state index contributed by atoms with van der Waals surface area (Å²) in [5.74, 6) is 7.09. The number of hydrogen-bond donors (Lipinski definition) is 1. The zero-order valence-electron chi connectivity index (χ0n) is 11.6. The van der Waals surface area contributed by atoms with Gasteiger partial charge in [-0.05, 0) is 35.9 Å². The standard InChI is InChI=1S/C17H15ClO2S/c1-20-17-8-7-13(10-14(17)4-3-9-19)12-21-16-6-2-5-15(18)11-16/h2,5-8,10-11,19H,9,12H2,1H3. The van der Waals surface area contributed by atoms with E-state index >= 15 is 0 Å². The summed E-state index contributed by atoms with van der Waals surface area (Å²) in [5.41, 5.74) is 1.93. The first kappa shape index (κ1) is 15.8. The summed E-state index contributed by atoms with van der Waals surface area (Å²) < 4.78 is 5.27. The molecule has 21 heavy (non-hydrogen) atoms. The molecule has 0 amide bonds. The predicted octanol–water partition coefficient (Wildman–Crippen LogP) is 3.98. The number of hydrogen-bond acceptors (Lipinski definition) is 3. The Morgan fingerprint density at radius 2 is 2.10 bits per heavy atom. The molecule has 0 atom stereocenters. The maximum atomic E-state index is 8.81. The van der Waals surface area contributed by atoms with E-state index in [0.29, 0.717) is 5.75 Å². The fraction of sp³-hybridized carbons (Fsp3) is 0.176. The molecule has 2 nitrogen and oxygen atoms in total. The van der Waals surface area contributed by atoms with Gasteiger partial charge in [0.25, 0.3) is 0 Å². The minimum atomic E-state index is -0.162. The first-order valence-corrected chi connectivity index (χ1v) is 7.74. The van der Waals surface area contributed by atoms with E-state index in [1.807, 2.05) is 42.5 Å². The van der Waals surface area contributed by atoms with E-state index in [1.54, 1.807) is 18.9 Å². The molecule has 0 aliphatic rings. The minimum Gasteiger partial charge on any atom is -0.495 e. The molecule has 0 spiro atoms. The smallest absolute Gasteiger partial charge is 0.134 e. The van der Waals surface area contributed by atoms with Crippen LogP contribution in [0.1, 0.15) is 11.1 Å². The van der Waals surface area contributed by atoms with E-state index < -0.39 is 0 Å². The zero-order chi connectivity index (χ0) is 15.1. The van der Waals surface area contributed by atoms with Gasteiger partial charge in [-0.3, -0.25) is 0 Å². The number of methoxy groups -OCH3 is 1. The summed E-state index contributed by atoms with van der Waals surface area (Å²) in [4.78, 5) is 1.13. The number of aliphatic hydroxyl groups is 1. The average Bonchev–Trinajstić information content (AvgIpc) is 2.51. The van der Waals surface area contributed by atoms with Crippen molar-refractivity contribution in [3.8, 4) is 17.6 Å². The summed E-state index contributed by atoms with van der Waals surface area (Å²) in [5, 5.41) is 9.55. The lowest BCUT2D eigenvalue weighted by Crippen LogP contribution is -1.91. The van der Waals surface area contributed by atoms with Gasteiger partial charge in [-0.25, -0.2) is 0 Å². The Labute approximate surface area is 134 Å². The Balaban J connectivity index is 2.13. The molecule has 2 rings (SSSR count). The molecular weight excluding hydrogens is 304 g/mol. The van der Waals surface area contributed by atoms with Crippen molar-refractivity contribution in [3.63, 3.8) is 0 Å². The predicted molar refractivity (Wildman–Crippen MR) is 88.0 cm³/mol. The fourth-order valence-corrected chi connectivity index (χ4v) is 2.95. The Kier molecular flexibility index (Phi) is 6.01. The SMILES string of the molecule is COc1ccc(CSc2cccc(Cl)c2)cc1C#CCO. The van der Waals surface area contributed by atoms with E-state index in [0.717, 1.165) is 26.8 Å². The highest BCUT2D eigenvalue weighted by atomic mass is 35.5. The summed E-state index contributed by atoms with van der Waals surface area (Å²) >= 11 is 7.69. The minimum absolute atomic E-state index is 0.162. The van der Waals surface area contributed by atoms with Gasteiger partial charge in [0, 0.05) is 15.7 Å². The van der Waals surface area contributed by atoms with Crippen LogP contribution in [0.5, 0.6) is 5.75 Å². The molecule has 108 valence electrons. The number of thioether (sulfide) groups is 1. The van der Waals surface area contributed by atoms with Crippen LogP contribution in [-0.4, -0.2) is 18.8 Å². The molecule has 0 aliphatic carbocycles. The van der Waals surface area contributed by atoms with Crippen molar-refractivity contribution >= 4 is 23.4 Å². The topological polar surface area (TPSA) is 29.5 Å². The lowest BCUT2D eigenvalue weighted by molar-refractivity contribution is 0.350. The van der Waals surface area contributed by atoms with Crippen LogP contribution < -0.4 is 4.74 Å². The van der Waals surface area contributed by atoms with Crippen LogP contribution in [0.2, 0.25) is 5.02 Å². The Morgan fingerprint density at radius 3 is 2.81 bits per heavy atom. The van der Waals surface area contributed by atoms with Gasteiger partial charge >= 0.3 is 0 Å². The van der Waals surface area contributed by atoms with Gasteiger partial charge in [-0.2, -0.15) is 0 Å². The van der Waals surface area contributed by atoms with Crippen molar-refractivity contribution in [1.29, 1.82) is 0 Å². The van der Waals surface area contributed by atoms with Gasteiger partial charge in [-0.15, -0.1) is 11.8 Å². The molecular formula is C17H15ClO2S. The Bertz CT molecular complexity index is 674. The second kappa shape index (κ2) is 7.99. The van der Waals surface area contributed by atoms with E-state index in [2.05, 4.69) is 11.8 Å². The number of ether oxygens (including phenoxy) is 1. The summed E-state index contributed by atoms with van der Waals surface area (Å²) in [6.45, 7) is -0.162. The molecule has 0 unspecified atom stereocenters. The summed E-state index contributed by atoms with van der Waals surface area (Å²) in [6, 6.07) is 13.7. The molecule has 4 heteroatoms. The van der Waals surface area contributed by atoms with E-state index in [9.17, 15) is 0 Å². The number of aliphatic hydroxyl groups excluding tert-OH is 1. The third kappa shape index (κ3) is 4.71. The van der Waals surface area contributed by atoms with Crippen molar-refractivity contribution in [3.05, 3.63) is 58.6 Å². The summed E-state index contributed by atoms with van der Waals surface area (Å²) in [6.07, 6.45) is 0. The molecule has 2 aromatic rings. The molecule has 0 saturated carbocycles. The third-order valence-corrected chi connectivity index (χ3v) is 4.07. The van der Waals surface area contributed by atoms with Gasteiger partial charge in [-0.1, -0.05) is 35.6 Å².